The van der Waals surface area contributed by atoms with Crippen LogP contribution in [0.15, 0.2) is 15.6 Å². The molecule has 2 atom stereocenters. The topological polar surface area (TPSA) is 178 Å². The fraction of sp³-hybridized carbons (Fsp3) is 0.615. The lowest BCUT2D eigenvalue weighted by molar-refractivity contribution is -0.0527. The van der Waals surface area contributed by atoms with E-state index in [1.165, 1.54) is 4.90 Å². The first kappa shape index (κ1) is 17.1. The van der Waals surface area contributed by atoms with Crippen molar-refractivity contribution in [2.45, 2.75) is 37.9 Å². The lowest BCUT2D eigenvalue weighted by Crippen LogP contribution is -2.43. The predicted octanol–water partition coefficient (Wildman–Crippen LogP) is -0.486. The molecule has 142 valence electrons. The molecule has 1 spiro atoms. The van der Waals surface area contributed by atoms with Crippen molar-refractivity contribution in [1.82, 2.24) is 15.1 Å². The first-order valence-electron chi connectivity index (χ1n) is 7.96. The highest BCUT2D eigenvalue weighted by Gasteiger charge is 2.64. The standard InChI is InChI=1S/C13H18N6O6S/c14-11(15)16-5-7-3-8(17-24-7)9-4-13(1-2-13)10-6-18(9)12(20)19(10)25-26(21,22)23/h3,9-10H,1-2,4-6H2,(H4,14,15,16)(H,21,22,23)/t9-,10-/m0/s1. The molecule has 26 heavy (non-hydrogen) atoms. The highest BCUT2D eigenvalue weighted by Crippen LogP contribution is 2.61. The highest BCUT2D eigenvalue weighted by atomic mass is 32.3. The zero-order chi connectivity index (χ0) is 18.7. The molecule has 1 aromatic heterocycles. The third-order valence-electron chi connectivity index (χ3n) is 5.17. The summed E-state index contributed by atoms with van der Waals surface area (Å²) in [7, 11) is -4.79. The molecule has 4 rings (SSSR count). The van der Waals surface area contributed by atoms with Crippen LogP contribution in [0.25, 0.3) is 0 Å². The first-order valence-corrected chi connectivity index (χ1v) is 9.33. The summed E-state index contributed by atoms with van der Waals surface area (Å²) in [4.78, 5) is 17.9. The molecule has 1 aromatic rings. The maximum absolute atomic E-state index is 12.6. The summed E-state index contributed by atoms with van der Waals surface area (Å²) in [5.41, 5.74) is 10.9. The Balaban J connectivity index is 1.60. The zero-order valence-electron chi connectivity index (χ0n) is 13.6. The number of urea groups is 1. The smallest absolute Gasteiger partial charge is 0.370 e. The molecule has 1 saturated carbocycles. The number of aromatic nitrogens is 1. The molecule has 3 heterocycles. The van der Waals surface area contributed by atoms with Crippen molar-refractivity contribution in [1.29, 1.82) is 0 Å². The van der Waals surface area contributed by atoms with Crippen LogP contribution in [0.5, 0.6) is 0 Å². The number of carbonyl (C=O) groups excluding carboxylic acids is 1. The second-order valence-corrected chi connectivity index (χ2v) is 7.82. The van der Waals surface area contributed by atoms with Crippen molar-refractivity contribution >= 4 is 22.4 Å². The number of amides is 2. The van der Waals surface area contributed by atoms with Crippen molar-refractivity contribution in [2.75, 3.05) is 6.54 Å². The summed E-state index contributed by atoms with van der Waals surface area (Å²) in [5.74, 6) is 0.367. The Morgan fingerprint density at radius 3 is 2.85 bits per heavy atom. The van der Waals surface area contributed by atoms with Gasteiger partial charge < -0.3 is 20.9 Å². The molecule has 0 aromatic carbocycles. The Hall–Kier alpha value is -2.38. The molecule has 2 amide bonds. The van der Waals surface area contributed by atoms with E-state index >= 15 is 0 Å². The molecule has 13 heteroatoms. The molecule has 0 radical (unpaired) electrons. The molecular formula is C13H18N6O6S. The van der Waals surface area contributed by atoms with Gasteiger partial charge in [-0.1, -0.05) is 5.16 Å². The Kier molecular flexibility index (Phi) is 3.65. The molecule has 5 N–H and O–H groups in total. The van der Waals surface area contributed by atoms with Crippen LogP contribution >= 0.6 is 0 Å². The SMILES string of the molecule is NC(N)=NCc1cc([C@@H]2CC3(CC3)[C@@H]3CN2C(=O)N3OS(=O)(=O)O)no1. The van der Waals surface area contributed by atoms with E-state index in [0.29, 0.717) is 17.9 Å². The minimum atomic E-state index is -4.79. The van der Waals surface area contributed by atoms with E-state index < -0.39 is 22.5 Å². The fourth-order valence-corrected chi connectivity index (χ4v) is 4.18. The number of hydrogen-bond donors (Lipinski definition) is 3. The van der Waals surface area contributed by atoms with Crippen molar-refractivity contribution in [3.63, 3.8) is 0 Å². The highest BCUT2D eigenvalue weighted by molar-refractivity contribution is 7.80. The van der Waals surface area contributed by atoms with Gasteiger partial charge in [-0.05, 0) is 24.7 Å². The predicted molar refractivity (Wildman–Crippen MR) is 85.4 cm³/mol. The molecule has 0 unspecified atom stereocenters. The minimum absolute atomic E-state index is 0.0758. The number of carbonyl (C=O) groups is 1. The van der Waals surface area contributed by atoms with Crippen LogP contribution in [0.3, 0.4) is 0 Å². The van der Waals surface area contributed by atoms with Gasteiger partial charge in [0.25, 0.3) is 0 Å². The van der Waals surface area contributed by atoms with Crippen LogP contribution in [-0.2, 0) is 21.2 Å². The van der Waals surface area contributed by atoms with Crippen molar-refractivity contribution in [3.05, 3.63) is 17.5 Å². The van der Waals surface area contributed by atoms with E-state index in [9.17, 15) is 13.2 Å². The van der Waals surface area contributed by atoms with E-state index in [1.54, 1.807) is 6.07 Å². The molecule has 12 nitrogen and oxygen atoms in total. The average molecular weight is 386 g/mol. The van der Waals surface area contributed by atoms with E-state index in [0.717, 1.165) is 17.9 Å². The number of hydrogen-bond acceptors (Lipinski definition) is 7. The second kappa shape index (κ2) is 5.56. The summed E-state index contributed by atoms with van der Waals surface area (Å²) in [6, 6.07) is 0.233. The minimum Gasteiger partial charge on any atom is -0.370 e. The van der Waals surface area contributed by atoms with Gasteiger partial charge in [-0.3, -0.25) is 4.55 Å². The number of fused-ring (bicyclic) bond motifs is 3. The molecule has 3 aliphatic rings. The van der Waals surface area contributed by atoms with Gasteiger partial charge in [0.05, 0.1) is 12.1 Å². The molecule has 3 fully saturated rings. The summed E-state index contributed by atoms with van der Waals surface area (Å²) >= 11 is 0. The van der Waals surface area contributed by atoms with Gasteiger partial charge >= 0.3 is 16.4 Å². The monoisotopic (exact) mass is 386 g/mol. The Morgan fingerprint density at radius 1 is 1.50 bits per heavy atom. The van der Waals surface area contributed by atoms with E-state index in [4.69, 9.17) is 20.5 Å². The normalized spacial score (nSPS) is 26.4. The summed E-state index contributed by atoms with van der Waals surface area (Å²) in [6.07, 6.45) is 2.27. The van der Waals surface area contributed by atoms with Crippen molar-refractivity contribution in [2.24, 2.45) is 21.9 Å². The number of hydroxylamine groups is 2. The third-order valence-corrected chi connectivity index (χ3v) is 5.52. The summed E-state index contributed by atoms with van der Waals surface area (Å²) in [5, 5.41) is 4.78. The average Bonchev–Trinajstić information content (AvgIpc) is 3.05. The third kappa shape index (κ3) is 2.87. The Labute approximate surface area is 148 Å². The summed E-state index contributed by atoms with van der Waals surface area (Å²) in [6.45, 7) is 0.414. The lowest BCUT2D eigenvalue weighted by atomic mass is 9.84. The molecular weight excluding hydrogens is 368 g/mol. The van der Waals surface area contributed by atoms with Crippen LogP contribution < -0.4 is 11.5 Å². The van der Waals surface area contributed by atoms with Crippen molar-refractivity contribution in [3.8, 4) is 0 Å². The molecule has 2 saturated heterocycles. The Morgan fingerprint density at radius 2 is 2.23 bits per heavy atom. The van der Waals surface area contributed by atoms with Gasteiger partial charge in [0.1, 0.15) is 12.2 Å². The number of rotatable bonds is 5. The van der Waals surface area contributed by atoms with Gasteiger partial charge in [0, 0.05) is 12.6 Å². The van der Waals surface area contributed by atoms with Crippen LogP contribution in [-0.4, -0.2) is 52.7 Å². The van der Waals surface area contributed by atoms with Crippen LogP contribution in [0, 0.1) is 5.41 Å². The number of piperidine rings is 1. The van der Waals surface area contributed by atoms with E-state index in [2.05, 4.69) is 14.4 Å². The van der Waals surface area contributed by atoms with E-state index in [1.807, 2.05) is 0 Å². The maximum atomic E-state index is 12.6. The number of guanidine groups is 1. The van der Waals surface area contributed by atoms with E-state index in [-0.39, 0.29) is 30.5 Å². The van der Waals surface area contributed by atoms with Gasteiger partial charge in [-0.15, -0.1) is 4.28 Å². The van der Waals surface area contributed by atoms with Crippen LogP contribution in [0.2, 0.25) is 0 Å². The van der Waals surface area contributed by atoms with Crippen molar-refractivity contribution < 1.29 is 26.6 Å². The quantitative estimate of drug-likeness (QED) is 0.342. The van der Waals surface area contributed by atoms with Gasteiger partial charge in [0.15, 0.2) is 11.7 Å². The lowest BCUT2D eigenvalue weighted by Gasteiger charge is -2.35. The van der Waals surface area contributed by atoms with Crippen LogP contribution in [0.4, 0.5) is 4.79 Å². The molecule has 2 bridgehead atoms. The van der Waals surface area contributed by atoms with Gasteiger partial charge in [-0.25, -0.2) is 9.79 Å². The largest absolute Gasteiger partial charge is 0.418 e. The zero-order valence-corrected chi connectivity index (χ0v) is 14.4. The number of aliphatic imine (C=N–C) groups is 1. The van der Waals surface area contributed by atoms with Crippen LogP contribution in [0.1, 0.15) is 36.8 Å². The number of nitrogens with zero attached hydrogens (tertiary/aromatic N) is 4. The summed E-state index contributed by atoms with van der Waals surface area (Å²) < 4.78 is 40.9. The second-order valence-electron chi connectivity index (χ2n) is 6.82. The molecule has 1 aliphatic carbocycles. The first-order chi connectivity index (χ1) is 12.2. The van der Waals surface area contributed by atoms with Gasteiger partial charge in [0.2, 0.25) is 0 Å². The van der Waals surface area contributed by atoms with Gasteiger partial charge in [-0.2, -0.15) is 13.5 Å². The number of nitrogens with two attached hydrogens (primary N) is 2. The molecule has 2 aliphatic heterocycles. The maximum Gasteiger partial charge on any atom is 0.418 e. The Bertz CT molecular complexity index is 873. The fourth-order valence-electron chi connectivity index (χ4n) is 3.81.